The second-order valence-corrected chi connectivity index (χ2v) is 5.95. The van der Waals surface area contributed by atoms with Gasteiger partial charge in [-0.1, -0.05) is 31.0 Å². The van der Waals surface area contributed by atoms with Gasteiger partial charge in [0.15, 0.2) is 0 Å². The van der Waals surface area contributed by atoms with E-state index < -0.39 is 0 Å². The Morgan fingerprint density at radius 3 is 2.86 bits per heavy atom. The van der Waals surface area contributed by atoms with Crippen molar-refractivity contribution in [1.29, 1.82) is 0 Å². The molecule has 1 aromatic carbocycles. The van der Waals surface area contributed by atoms with Crippen LogP contribution in [0, 0.1) is 5.92 Å². The lowest BCUT2D eigenvalue weighted by Crippen LogP contribution is -2.32. The molecule has 0 aliphatic heterocycles. The first-order chi connectivity index (χ1) is 10.2. The van der Waals surface area contributed by atoms with Crippen LogP contribution < -0.4 is 10.9 Å². The molecule has 0 amide bonds. The number of nitrogens with one attached hydrogen (secondary N) is 2. The number of pyridine rings is 1. The first kappa shape index (κ1) is 14.3. The maximum Gasteiger partial charge on any atom is 0.252 e. The number of H-pyrrole nitrogens is 1. The van der Waals surface area contributed by atoms with Crippen LogP contribution in [0.15, 0.2) is 35.1 Å². The molecule has 112 valence electrons. The highest BCUT2D eigenvalue weighted by Crippen LogP contribution is 2.27. The molecule has 1 aromatic heterocycles. The molecule has 0 saturated heterocycles. The van der Waals surface area contributed by atoms with Gasteiger partial charge in [-0.3, -0.25) is 4.79 Å². The average molecular weight is 286 g/mol. The van der Waals surface area contributed by atoms with Crippen molar-refractivity contribution >= 4 is 10.9 Å². The fourth-order valence-electron chi connectivity index (χ4n) is 3.19. The molecule has 1 saturated carbocycles. The predicted molar refractivity (Wildman–Crippen MR) is 84.2 cm³/mol. The van der Waals surface area contributed by atoms with Crippen LogP contribution in [0.25, 0.3) is 10.9 Å². The number of aliphatic hydroxyl groups excluding tert-OH is 1. The van der Waals surface area contributed by atoms with Gasteiger partial charge in [-0.2, -0.15) is 0 Å². The van der Waals surface area contributed by atoms with Gasteiger partial charge in [0.05, 0.1) is 6.10 Å². The monoisotopic (exact) mass is 286 g/mol. The lowest BCUT2D eigenvalue weighted by Gasteiger charge is -2.18. The van der Waals surface area contributed by atoms with Crippen LogP contribution >= 0.6 is 0 Å². The minimum Gasteiger partial charge on any atom is -0.392 e. The highest BCUT2D eigenvalue weighted by molar-refractivity contribution is 5.78. The Hall–Kier alpha value is -1.65. The van der Waals surface area contributed by atoms with Gasteiger partial charge in [0.1, 0.15) is 0 Å². The summed E-state index contributed by atoms with van der Waals surface area (Å²) in [6.07, 6.45) is 4.41. The maximum atomic E-state index is 12.0. The van der Waals surface area contributed by atoms with Gasteiger partial charge in [-0.05, 0) is 36.3 Å². The minimum atomic E-state index is -0.299. The maximum absolute atomic E-state index is 12.0. The summed E-state index contributed by atoms with van der Waals surface area (Å²) in [4.78, 5) is 14.9. The van der Waals surface area contributed by atoms with Crippen LogP contribution in [0.3, 0.4) is 0 Å². The van der Waals surface area contributed by atoms with Gasteiger partial charge < -0.3 is 15.4 Å². The Kier molecular flexibility index (Phi) is 4.36. The van der Waals surface area contributed by atoms with Crippen molar-refractivity contribution in [2.45, 2.75) is 38.3 Å². The highest BCUT2D eigenvalue weighted by atomic mass is 16.3. The summed E-state index contributed by atoms with van der Waals surface area (Å²) in [6, 6.07) is 9.68. The van der Waals surface area contributed by atoms with Crippen LogP contribution in [0.1, 0.15) is 31.2 Å². The lowest BCUT2D eigenvalue weighted by atomic mass is 10.0. The Morgan fingerprint density at radius 1 is 1.29 bits per heavy atom. The molecule has 4 heteroatoms. The molecular weight excluding hydrogens is 264 g/mol. The van der Waals surface area contributed by atoms with E-state index in [1.807, 2.05) is 30.3 Å². The van der Waals surface area contributed by atoms with Gasteiger partial charge >= 0.3 is 0 Å². The van der Waals surface area contributed by atoms with Crippen molar-refractivity contribution in [3.05, 3.63) is 46.2 Å². The summed E-state index contributed by atoms with van der Waals surface area (Å²) in [5.41, 5.74) is 1.51. The van der Waals surface area contributed by atoms with Gasteiger partial charge in [0.25, 0.3) is 5.56 Å². The first-order valence-electron chi connectivity index (χ1n) is 7.74. The molecule has 0 bridgehead atoms. The fraction of sp³-hybridized carbons (Fsp3) is 0.471. The van der Waals surface area contributed by atoms with Crippen LogP contribution in [-0.2, 0) is 6.54 Å². The normalized spacial score (nSPS) is 17.4. The van der Waals surface area contributed by atoms with Crippen molar-refractivity contribution in [2.24, 2.45) is 5.92 Å². The SMILES string of the molecule is O=c1[nH]c2ccccc2cc1CNCC(O)C1CCCC1. The summed E-state index contributed by atoms with van der Waals surface area (Å²) in [5, 5.41) is 14.4. The van der Waals surface area contributed by atoms with Crippen LogP contribution in [-0.4, -0.2) is 22.7 Å². The van der Waals surface area contributed by atoms with E-state index in [4.69, 9.17) is 0 Å². The molecule has 1 fully saturated rings. The van der Waals surface area contributed by atoms with Crippen molar-refractivity contribution in [1.82, 2.24) is 10.3 Å². The number of aromatic nitrogens is 1. The number of hydrogen-bond donors (Lipinski definition) is 3. The molecule has 1 atom stereocenters. The molecule has 21 heavy (non-hydrogen) atoms. The number of para-hydroxylation sites is 1. The third-order valence-corrected chi connectivity index (χ3v) is 4.44. The van der Waals surface area contributed by atoms with E-state index in [9.17, 15) is 9.90 Å². The van der Waals surface area contributed by atoms with E-state index in [1.165, 1.54) is 12.8 Å². The number of rotatable bonds is 5. The minimum absolute atomic E-state index is 0.0587. The van der Waals surface area contributed by atoms with E-state index in [-0.39, 0.29) is 11.7 Å². The average Bonchev–Trinajstić information content (AvgIpc) is 3.02. The summed E-state index contributed by atoms with van der Waals surface area (Å²) in [6.45, 7) is 1.04. The van der Waals surface area contributed by atoms with Gasteiger partial charge in [0, 0.05) is 24.2 Å². The lowest BCUT2D eigenvalue weighted by molar-refractivity contribution is 0.109. The topological polar surface area (TPSA) is 65.1 Å². The Morgan fingerprint density at radius 2 is 2.05 bits per heavy atom. The van der Waals surface area contributed by atoms with Crippen molar-refractivity contribution < 1.29 is 5.11 Å². The third-order valence-electron chi connectivity index (χ3n) is 4.44. The molecule has 4 nitrogen and oxygen atoms in total. The van der Waals surface area contributed by atoms with E-state index in [0.717, 1.165) is 23.7 Å². The fourth-order valence-corrected chi connectivity index (χ4v) is 3.19. The first-order valence-corrected chi connectivity index (χ1v) is 7.74. The second-order valence-electron chi connectivity index (χ2n) is 5.95. The van der Waals surface area contributed by atoms with Crippen molar-refractivity contribution in [2.75, 3.05) is 6.54 Å². The van der Waals surface area contributed by atoms with Crippen LogP contribution in [0.5, 0.6) is 0 Å². The third kappa shape index (κ3) is 3.34. The number of benzene rings is 1. The molecule has 1 aliphatic carbocycles. The number of fused-ring (bicyclic) bond motifs is 1. The quantitative estimate of drug-likeness (QED) is 0.789. The molecule has 0 spiro atoms. The molecule has 3 rings (SSSR count). The van der Waals surface area contributed by atoms with Crippen molar-refractivity contribution in [3.8, 4) is 0 Å². The smallest absolute Gasteiger partial charge is 0.252 e. The standard InChI is InChI=1S/C17H22N2O2/c20-16(12-5-1-2-6-12)11-18-10-14-9-13-7-3-4-8-15(13)19-17(14)21/h3-4,7-9,12,16,18,20H,1-2,5-6,10-11H2,(H,19,21). The summed E-state index contributed by atoms with van der Waals surface area (Å²) < 4.78 is 0. The van der Waals surface area contributed by atoms with E-state index >= 15 is 0 Å². The number of aliphatic hydroxyl groups is 1. The second kappa shape index (κ2) is 6.41. The molecule has 3 N–H and O–H groups in total. The van der Waals surface area contributed by atoms with Gasteiger partial charge in [0.2, 0.25) is 0 Å². The van der Waals surface area contributed by atoms with E-state index in [1.54, 1.807) is 0 Å². The predicted octanol–water partition coefficient (Wildman–Crippen LogP) is 2.17. The van der Waals surface area contributed by atoms with Crippen molar-refractivity contribution in [3.63, 3.8) is 0 Å². The Balaban J connectivity index is 1.62. The highest BCUT2D eigenvalue weighted by Gasteiger charge is 2.22. The molecular formula is C17H22N2O2. The zero-order valence-corrected chi connectivity index (χ0v) is 12.1. The summed E-state index contributed by atoms with van der Waals surface area (Å²) in [5.74, 6) is 0.424. The summed E-state index contributed by atoms with van der Waals surface area (Å²) in [7, 11) is 0. The van der Waals surface area contributed by atoms with E-state index in [2.05, 4.69) is 10.3 Å². The largest absolute Gasteiger partial charge is 0.392 e. The van der Waals surface area contributed by atoms with Gasteiger partial charge in [-0.15, -0.1) is 0 Å². The zero-order chi connectivity index (χ0) is 14.7. The van der Waals surface area contributed by atoms with Crippen LogP contribution in [0.4, 0.5) is 0 Å². The Bertz CT molecular complexity index is 659. The van der Waals surface area contributed by atoms with Crippen LogP contribution in [0.2, 0.25) is 0 Å². The molecule has 1 aliphatic rings. The van der Waals surface area contributed by atoms with Gasteiger partial charge in [-0.25, -0.2) is 0 Å². The number of hydrogen-bond acceptors (Lipinski definition) is 3. The van der Waals surface area contributed by atoms with E-state index in [0.29, 0.717) is 24.6 Å². The molecule has 1 unspecified atom stereocenters. The zero-order valence-electron chi connectivity index (χ0n) is 12.1. The number of aromatic amines is 1. The summed E-state index contributed by atoms with van der Waals surface area (Å²) >= 11 is 0. The Labute approximate surface area is 124 Å². The molecule has 1 heterocycles. The molecule has 0 radical (unpaired) electrons. The molecule has 2 aromatic rings.